The number of ether oxygens (including phenoxy) is 7. The minimum absolute atomic E-state index is 0.0845. The van der Waals surface area contributed by atoms with Crippen molar-refractivity contribution in [2.24, 2.45) is 64.6 Å². The molecule has 1 saturated carbocycles. The number of methoxy groups -OCH3 is 4. The van der Waals surface area contributed by atoms with E-state index < -0.39 is 113 Å². The van der Waals surface area contributed by atoms with Crippen molar-refractivity contribution in [2.45, 2.75) is 235 Å². The molecule has 5 unspecified atom stereocenters. The van der Waals surface area contributed by atoms with E-state index in [4.69, 9.17) is 37.3 Å². The average Bonchev–Trinajstić information content (AvgIpc) is 3.36. The number of ketones is 2. The van der Waals surface area contributed by atoms with Gasteiger partial charge in [-0.1, -0.05) is 99.5 Å². The lowest BCUT2D eigenvalue weighted by molar-refractivity contribution is -0.317. The number of esters is 1. The lowest BCUT2D eigenvalue weighted by atomic mass is 9.62. The number of amides is 1. The van der Waals surface area contributed by atoms with E-state index in [9.17, 15) is 9.90 Å². The molecule has 2 saturated heterocycles. The molecule has 74 heavy (non-hydrogen) atoms. The lowest BCUT2D eigenvalue weighted by Gasteiger charge is -2.55. The highest BCUT2D eigenvalue weighted by Gasteiger charge is 2.62. The first-order valence-corrected chi connectivity index (χ1v) is 28.0. The number of Topliss-reactive ketones (excluding diaryl/α,β-unsaturated/α-hetero) is 2. The Morgan fingerprint density at radius 2 is 1.54 bits per heavy atom. The summed E-state index contributed by atoms with van der Waals surface area (Å²) >= 11 is 0. The molecule has 19 atom stereocenters. The topological polar surface area (TPSA) is 156 Å². The Balaban J connectivity index is 2.09. The fourth-order valence-electron chi connectivity index (χ4n) is 13.4. The highest BCUT2D eigenvalue weighted by Crippen LogP contribution is 2.51. The van der Waals surface area contributed by atoms with Gasteiger partial charge in [0.15, 0.2) is 0 Å². The smallest absolute Gasteiger partial charge is 0.329 e. The third kappa shape index (κ3) is 12.1. The van der Waals surface area contributed by atoms with E-state index in [0.717, 1.165) is 23.1 Å². The number of aliphatic hydroxyl groups is 1. The molecule has 1 amide bonds. The first kappa shape index (κ1) is 58.9. The minimum Gasteiger partial charge on any atom is -0.456 e. The van der Waals surface area contributed by atoms with Crippen LogP contribution in [0.15, 0.2) is 35.5 Å². The van der Waals surface area contributed by atoms with Gasteiger partial charge in [0.2, 0.25) is 5.79 Å². The van der Waals surface area contributed by atoms with Crippen LogP contribution in [0.5, 0.6) is 0 Å². The number of rotatable bonds is 12. The SMILES string of the molecule is [2H]C([2H])([2H])O[C@H]1C(C)[C@@H](C)C(C)C(C)=C(C)[C@@H](CC=C)C(=O)C[C@H](O)[C@@H](C)[C@@H](/C(=C/[C@@H]2CC[C@@](C)(OC)[C@](C)(OC(C)C)C2C)C(C)C)OC(=O)[C@@H]2CC(C)C(C)(C)C(C)N2C(=O)C(=O)[C@]2(OC)O[C@H]1[C@@H](OC)C[C@H]2CC. The first-order chi connectivity index (χ1) is 35.5. The second kappa shape index (κ2) is 25.3. The van der Waals surface area contributed by atoms with Crippen LogP contribution in [-0.4, -0.2) is 128 Å². The monoisotopic (exact) mass is 1040 g/mol. The number of carbonyl (C=O) groups excluding carboxylic acids is 4. The summed E-state index contributed by atoms with van der Waals surface area (Å²) in [6.45, 7) is 39.7. The summed E-state index contributed by atoms with van der Waals surface area (Å²) < 4.78 is 70.4. The number of allylic oxidation sites excluding steroid dienone is 4. The molecule has 3 fully saturated rings. The zero-order valence-electron chi connectivity index (χ0n) is 52.6. The van der Waals surface area contributed by atoms with Gasteiger partial charge >= 0.3 is 5.97 Å². The Kier molecular flexibility index (Phi) is 20.2. The van der Waals surface area contributed by atoms with E-state index in [2.05, 4.69) is 33.4 Å². The number of hydrogen-bond acceptors (Lipinski definition) is 12. The highest BCUT2D eigenvalue weighted by atomic mass is 16.7. The van der Waals surface area contributed by atoms with Gasteiger partial charge < -0.3 is 43.2 Å². The Labute approximate surface area is 452 Å². The third-order valence-electron chi connectivity index (χ3n) is 20.3. The van der Waals surface area contributed by atoms with Gasteiger partial charge in [-0.15, -0.1) is 6.58 Å². The second-order valence-corrected chi connectivity index (χ2v) is 24.8. The number of nitrogens with zero attached hydrogens (tertiary/aromatic N) is 1. The molecule has 0 aromatic carbocycles. The predicted molar refractivity (Wildman–Crippen MR) is 291 cm³/mol. The molecule has 424 valence electrons. The molecule has 0 radical (unpaired) electrons. The molecule has 0 aromatic heterocycles. The number of cyclic esters (lactones) is 1. The quantitative estimate of drug-likeness (QED) is 0.112. The molecule has 13 heteroatoms. The van der Waals surface area contributed by atoms with Crippen molar-refractivity contribution in [3.8, 4) is 0 Å². The average molecular weight is 1050 g/mol. The molecule has 2 bridgehead atoms. The van der Waals surface area contributed by atoms with Crippen LogP contribution in [0.1, 0.15) is 174 Å². The van der Waals surface area contributed by atoms with Crippen LogP contribution in [-0.2, 0) is 52.3 Å². The normalized spacial score (nSPS) is 42.5. The minimum atomic E-state index is -2.92. The molecule has 3 heterocycles. The summed E-state index contributed by atoms with van der Waals surface area (Å²) in [6, 6.07) is -1.98. The van der Waals surface area contributed by atoms with Crippen LogP contribution >= 0.6 is 0 Å². The maximum Gasteiger partial charge on any atom is 0.329 e. The summed E-state index contributed by atoms with van der Waals surface area (Å²) in [4.78, 5) is 63.2. The zero-order chi connectivity index (χ0) is 58.8. The van der Waals surface area contributed by atoms with E-state index in [0.29, 0.717) is 19.3 Å². The van der Waals surface area contributed by atoms with E-state index in [1.54, 1.807) is 20.1 Å². The number of piperidine rings is 1. The highest BCUT2D eigenvalue weighted by molar-refractivity contribution is 6.39. The Morgan fingerprint density at radius 3 is 2.07 bits per heavy atom. The standard InChI is InChI=1S/C61H103NO12/c1-24-26-46-39(11)37(9)36(8)38(10)40(12)53(69-21)54-51(68-20)31-45(25-2)61(71-23,74-54)55(65)56(66)62-43(15)58(16,17)35(7)29-48(62)57(67)72-52(41(13)49(63)32-50(46)64)47(33(3)4)30-44-27-28-59(18,70-22)60(19,42(44)14)73-34(5)6/h24,30,33-36,38,40-46,48-49,51-54,63H,1,25-29,31-32H2,2-23H3/b39-37?,47-30+/t35?,36?,38-,40?,41+,42?,43?,44-,45+,46+,48-,49-,51-,52-,53-,54-,59+,60+,61+/m0/s1/i21D3. The van der Waals surface area contributed by atoms with Crippen molar-refractivity contribution in [1.29, 1.82) is 0 Å². The third-order valence-corrected chi connectivity index (χ3v) is 20.3. The molecular formula is C61H103NO12. The molecule has 4 rings (SSSR count). The van der Waals surface area contributed by atoms with Gasteiger partial charge in [0.05, 0.1) is 39.7 Å². The van der Waals surface area contributed by atoms with Gasteiger partial charge in [0.1, 0.15) is 24.0 Å². The molecule has 1 N–H and O–H groups in total. The van der Waals surface area contributed by atoms with Gasteiger partial charge in [-0.3, -0.25) is 14.4 Å². The Bertz CT molecular complexity index is 2140. The lowest BCUT2D eigenvalue weighted by Crippen LogP contribution is -2.68. The van der Waals surface area contributed by atoms with Gasteiger partial charge in [-0.25, -0.2) is 4.79 Å². The predicted octanol–water partition coefficient (Wildman–Crippen LogP) is 10.9. The van der Waals surface area contributed by atoms with E-state index in [1.165, 1.54) is 19.1 Å². The molecule has 0 spiro atoms. The summed E-state index contributed by atoms with van der Waals surface area (Å²) in [5.41, 5.74) is 0.509. The summed E-state index contributed by atoms with van der Waals surface area (Å²) in [5, 5.41) is 12.5. The van der Waals surface area contributed by atoms with Crippen molar-refractivity contribution in [1.82, 2.24) is 4.90 Å². The van der Waals surface area contributed by atoms with Gasteiger partial charge in [-0.05, 0) is 139 Å². The van der Waals surface area contributed by atoms with Crippen molar-refractivity contribution in [2.75, 3.05) is 28.4 Å². The van der Waals surface area contributed by atoms with Crippen LogP contribution in [0.2, 0.25) is 0 Å². The van der Waals surface area contributed by atoms with Crippen molar-refractivity contribution in [3.05, 3.63) is 35.5 Å². The molecule has 1 aliphatic carbocycles. The number of fused-ring (bicyclic) bond motifs is 3. The van der Waals surface area contributed by atoms with E-state index >= 15 is 14.4 Å². The fraction of sp³-hybridized carbons (Fsp3) is 0.836. The van der Waals surface area contributed by atoms with Crippen LogP contribution in [0.4, 0.5) is 0 Å². The fourth-order valence-corrected chi connectivity index (χ4v) is 13.4. The van der Waals surface area contributed by atoms with Crippen LogP contribution < -0.4 is 0 Å². The second-order valence-electron chi connectivity index (χ2n) is 24.8. The largest absolute Gasteiger partial charge is 0.456 e. The van der Waals surface area contributed by atoms with E-state index in [-0.39, 0.29) is 66.7 Å². The van der Waals surface area contributed by atoms with Crippen LogP contribution in [0.3, 0.4) is 0 Å². The maximum absolute atomic E-state index is 15.7. The maximum atomic E-state index is 15.7. The van der Waals surface area contributed by atoms with Gasteiger partial charge in [0.25, 0.3) is 11.7 Å². The Morgan fingerprint density at radius 1 is 0.905 bits per heavy atom. The molecule has 13 nitrogen and oxygen atoms in total. The summed E-state index contributed by atoms with van der Waals surface area (Å²) in [6.07, 6.45) is 0.209. The Hall–Kier alpha value is -2.78. The zero-order valence-corrected chi connectivity index (χ0v) is 49.6. The van der Waals surface area contributed by atoms with E-state index in [1.807, 2.05) is 96.9 Å². The summed E-state index contributed by atoms with van der Waals surface area (Å²) in [7, 11) is 1.60. The molecule has 0 aromatic rings. The summed E-state index contributed by atoms with van der Waals surface area (Å²) in [5.74, 6) is -9.21. The molecular weight excluding hydrogens is 939 g/mol. The van der Waals surface area contributed by atoms with Gasteiger partial charge in [0, 0.05) is 58.6 Å². The van der Waals surface area contributed by atoms with Crippen molar-refractivity contribution in [3.63, 3.8) is 0 Å². The van der Waals surface area contributed by atoms with Crippen LogP contribution in [0.25, 0.3) is 0 Å². The van der Waals surface area contributed by atoms with Gasteiger partial charge in [-0.2, -0.15) is 0 Å². The number of aliphatic hydroxyl groups excluding tert-OH is 1. The van der Waals surface area contributed by atoms with Crippen molar-refractivity contribution >= 4 is 23.4 Å². The molecule has 4 aliphatic rings. The van der Waals surface area contributed by atoms with Crippen molar-refractivity contribution < 1.29 is 61.6 Å². The molecule has 3 aliphatic heterocycles. The first-order valence-electron chi connectivity index (χ1n) is 29.5. The van der Waals surface area contributed by atoms with Crippen LogP contribution in [0, 0.1) is 64.6 Å². The number of hydrogen-bond donors (Lipinski definition) is 1. The number of carbonyl (C=O) groups is 4.